The van der Waals surface area contributed by atoms with E-state index in [9.17, 15) is 14.4 Å². The Morgan fingerprint density at radius 3 is 0.790 bits per heavy atom. The molecule has 0 amide bonds. The number of carbonyl (C=O) groups excluding carboxylic acids is 3. The van der Waals surface area contributed by atoms with Crippen LogP contribution < -0.4 is 0 Å². The Morgan fingerprint density at radius 1 is 0.259 bits per heavy atom. The van der Waals surface area contributed by atoms with Crippen LogP contribution in [0.2, 0.25) is 0 Å². The van der Waals surface area contributed by atoms with Crippen molar-refractivity contribution in [3.8, 4) is 0 Å². The van der Waals surface area contributed by atoms with E-state index in [1.54, 1.807) is 0 Å². The molecule has 0 fully saturated rings. The van der Waals surface area contributed by atoms with Gasteiger partial charge in [0.05, 0.1) is 0 Å². The Hall–Kier alpha value is -3.67. The third kappa shape index (κ3) is 67.0. The molecule has 0 spiro atoms. The number of hydrogen-bond donors (Lipinski definition) is 0. The van der Waals surface area contributed by atoms with E-state index in [0.29, 0.717) is 19.3 Å². The van der Waals surface area contributed by atoms with E-state index < -0.39 is 6.10 Å². The van der Waals surface area contributed by atoms with Gasteiger partial charge in [-0.05, 0) is 122 Å². The first-order valence-electron chi connectivity index (χ1n) is 34.7. The molecule has 0 aromatic rings. The van der Waals surface area contributed by atoms with Gasteiger partial charge < -0.3 is 14.2 Å². The second kappa shape index (κ2) is 68.8. The average Bonchev–Trinajstić information content (AvgIpc) is 3.47. The molecule has 0 aliphatic carbocycles. The maximum atomic E-state index is 12.9. The molecule has 0 radical (unpaired) electrons. The van der Waals surface area contributed by atoms with Crippen molar-refractivity contribution in [3.05, 3.63) is 97.2 Å². The fourth-order valence-electron chi connectivity index (χ4n) is 9.85. The highest BCUT2D eigenvalue weighted by atomic mass is 16.6. The predicted octanol–water partition coefficient (Wildman–Crippen LogP) is 24.0. The minimum atomic E-state index is -0.805. The van der Waals surface area contributed by atoms with Crippen molar-refractivity contribution in [2.45, 2.75) is 348 Å². The van der Waals surface area contributed by atoms with E-state index in [-0.39, 0.29) is 37.5 Å². The number of hydrogen-bond acceptors (Lipinski definition) is 6. The van der Waals surface area contributed by atoms with Gasteiger partial charge in [0, 0.05) is 19.3 Å². The SMILES string of the molecule is CC/C=C\C/C=C\C/C=C\C/C=C\C/C=C\C/C=C\CCCCC(=O)OC(COC(=O)CCCCCCCCC/C=C\CCCCCCCC)COC(=O)CCCCCCCCCCCCCCC/C=C\CCCCCCCCCC. The van der Waals surface area contributed by atoms with Crippen LogP contribution in [0.15, 0.2) is 97.2 Å². The number of ether oxygens (including phenoxy) is 3. The van der Waals surface area contributed by atoms with Crippen LogP contribution in [0.4, 0.5) is 0 Å². The highest BCUT2D eigenvalue weighted by Crippen LogP contribution is 2.17. The molecular formula is C75H130O6. The lowest BCUT2D eigenvalue weighted by Gasteiger charge is -2.18. The molecule has 1 unspecified atom stereocenters. The van der Waals surface area contributed by atoms with Gasteiger partial charge in [0.25, 0.3) is 0 Å². The molecule has 0 N–H and O–H groups in total. The lowest BCUT2D eigenvalue weighted by Crippen LogP contribution is -2.30. The van der Waals surface area contributed by atoms with Crippen molar-refractivity contribution < 1.29 is 28.6 Å². The van der Waals surface area contributed by atoms with E-state index >= 15 is 0 Å². The van der Waals surface area contributed by atoms with Crippen molar-refractivity contribution in [1.29, 1.82) is 0 Å². The summed E-state index contributed by atoms with van der Waals surface area (Å²) >= 11 is 0. The first-order chi connectivity index (χ1) is 40.0. The zero-order valence-corrected chi connectivity index (χ0v) is 53.5. The molecular weight excluding hydrogens is 997 g/mol. The summed E-state index contributed by atoms with van der Waals surface area (Å²) < 4.78 is 16.9. The summed E-state index contributed by atoms with van der Waals surface area (Å²) in [5, 5.41) is 0. The second-order valence-corrected chi connectivity index (χ2v) is 23.1. The molecule has 0 aromatic heterocycles. The van der Waals surface area contributed by atoms with Crippen LogP contribution in [-0.2, 0) is 28.6 Å². The van der Waals surface area contributed by atoms with Gasteiger partial charge in [0.2, 0.25) is 0 Å². The third-order valence-corrected chi connectivity index (χ3v) is 15.0. The number of unbranched alkanes of at least 4 members (excludes halogenated alkanes) is 36. The van der Waals surface area contributed by atoms with Crippen LogP contribution in [0.25, 0.3) is 0 Å². The van der Waals surface area contributed by atoms with Crippen molar-refractivity contribution in [1.82, 2.24) is 0 Å². The molecule has 6 heteroatoms. The highest BCUT2D eigenvalue weighted by Gasteiger charge is 2.19. The monoisotopic (exact) mass is 1130 g/mol. The zero-order chi connectivity index (χ0) is 58.5. The van der Waals surface area contributed by atoms with Crippen LogP contribution in [0.3, 0.4) is 0 Å². The van der Waals surface area contributed by atoms with Crippen LogP contribution >= 0.6 is 0 Å². The lowest BCUT2D eigenvalue weighted by atomic mass is 10.0. The van der Waals surface area contributed by atoms with Gasteiger partial charge in [-0.2, -0.15) is 0 Å². The summed E-state index contributed by atoms with van der Waals surface area (Å²) in [5.74, 6) is -0.929. The lowest BCUT2D eigenvalue weighted by molar-refractivity contribution is -0.167. The fraction of sp³-hybridized carbons (Fsp3) is 0.747. The minimum absolute atomic E-state index is 0.0951. The van der Waals surface area contributed by atoms with Gasteiger partial charge in [0.1, 0.15) is 13.2 Å². The largest absolute Gasteiger partial charge is 0.462 e. The molecule has 0 saturated carbocycles. The number of allylic oxidation sites excluding steroid dienone is 16. The highest BCUT2D eigenvalue weighted by molar-refractivity contribution is 5.71. The Labute approximate surface area is 502 Å². The third-order valence-electron chi connectivity index (χ3n) is 15.0. The van der Waals surface area contributed by atoms with Crippen LogP contribution in [-0.4, -0.2) is 37.2 Å². The van der Waals surface area contributed by atoms with E-state index in [1.165, 1.54) is 205 Å². The van der Waals surface area contributed by atoms with Gasteiger partial charge in [-0.15, -0.1) is 0 Å². The van der Waals surface area contributed by atoms with E-state index in [2.05, 4.69) is 118 Å². The maximum Gasteiger partial charge on any atom is 0.306 e. The molecule has 0 bridgehead atoms. The molecule has 81 heavy (non-hydrogen) atoms. The molecule has 0 aliphatic heterocycles. The Balaban J connectivity index is 4.41. The summed E-state index contributed by atoms with van der Waals surface area (Å²) in [6.45, 7) is 6.52. The zero-order valence-electron chi connectivity index (χ0n) is 53.5. The van der Waals surface area contributed by atoms with Crippen molar-refractivity contribution in [3.63, 3.8) is 0 Å². The Morgan fingerprint density at radius 2 is 0.481 bits per heavy atom. The van der Waals surface area contributed by atoms with E-state index in [0.717, 1.165) is 89.9 Å². The second-order valence-electron chi connectivity index (χ2n) is 23.1. The van der Waals surface area contributed by atoms with Gasteiger partial charge in [-0.25, -0.2) is 0 Å². The maximum absolute atomic E-state index is 12.9. The van der Waals surface area contributed by atoms with Crippen LogP contribution in [0.5, 0.6) is 0 Å². The molecule has 0 saturated heterocycles. The minimum Gasteiger partial charge on any atom is -0.462 e. The smallest absolute Gasteiger partial charge is 0.306 e. The Bertz CT molecular complexity index is 1580. The van der Waals surface area contributed by atoms with Crippen molar-refractivity contribution in [2.24, 2.45) is 0 Å². The van der Waals surface area contributed by atoms with Crippen molar-refractivity contribution in [2.75, 3.05) is 13.2 Å². The Kier molecular flexibility index (Phi) is 65.7. The van der Waals surface area contributed by atoms with Gasteiger partial charge in [0.15, 0.2) is 6.10 Å². The summed E-state index contributed by atoms with van der Waals surface area (Å²) in [4.78, 5) is 38.4. The van der Waals surface area contributed by atoms with Crippen molar-refractivity contribution >= 4 is 17.9 Å². The molecule has 466 valence electrons. The topological polar surface area (TPSA) is 78.9 Å². The van der Waals surface area contributed by atoms with E-state index in [4.69, 9.17) is 14.2 Å². The number of carbonyl (C=O) groups is 3. The van der Waals surface area contributed by atoms with Gasteiger partial charge in [-0.1, -0.05) is 298 Å². The quantitative estimate of drug-likeness (QED) is 0.0261. The predicted molar refractivity (Wildman–Crippen MR) is 353 cm³/mol. The summed E-state index contributed by atoms with van der Waals surface area (Å²) in [6.07, 6.45) is 92.9. The first-order valence-corrected chi connectivity index (χ1v) is 34.7. The standard InChI is InChI=1S/C75H130O6/c1-4-7-10-13-16-19-22-25-28-31-33-35-36-37-38-40-41-44-47-50-53-56-59-62-65-68-74(77)80-71-72(70-79-73(76)67-64-61-58-55-52-49-46-43-30-27-24-21-18-15-12-9-6-3)81-75(78)69-66-63-60-57-54-51-48-45-42-39-34-32-29-26-23-20-17-14-11-8-5-2/h8,11,17,20,26-27,29-31,33-34,39,45,48,54,57,72H,4-7,9-10,12-16,18-19,21-25,28,32,35-38,40-44,46-47,49-53,55-56,58-71H2,1-3H3/b11-8-,20-17-,29-26-,30-27-,33-31-,39-34-,48-45-,57-54-. The van der Waals surface area contributed by atoms with Gasteiger partial charge in [-0.3, -0.25) is 14.4 Å². The number of rotatable bonds is 63. The molecule has 0 aromatic carbocycles. The summed E-state index contributed by atoms with van der Waals surface area (Å²) in [5.41, 5.74) is 0. The summed E-state index contributed by atoms with van der Waals surface area (Å²) in [7, 11) is 0. The van der Waals surface area contributed by atoms with Crippen LogP contribution in [0, 0.1) is 0 Å². The molecule has 0 heterocycles. The molecule has 6 nitrogen and oxygen atoms in total. The first kappa shape index (κ1) is 77.3. The molecule has 0 aliphatic rings. The molecule has 1 atom stereocenters. The summed E-state index contributed by atoms with van der Waals surface area (Å²) in [6, 6.07) is 0. The molecule has 0 rings (SSSR count). The van der Waals surface area contributed by atoms with Gasteiger partial charge >= 0.3 is 17.9 Å². The van der Waals surface area contributed by atoms with Crippen LogP contribution in [0.1, 0.15) is 342 Å². The number of esters is 3. The fourth-order valence-corrected chi connectivity index (χ4v) is 9.85. The normalized spacial score (nSPS) is 12.7. The average molecular weight is 1130 g/mol. The van der Waals surface area contributed by atoms with E-state index in [1.807, 2.05) is 0 Å².